The van der Waals surface area contributed by atoms with Crippen LogP contribution >= 0.6 is 27.5 Å². The second kappa shape index (κ2) is 3.40. The Bertz CT molecular complexity index is 233. The number of halogens is 2. The number of hydrogen-bond donors (Lipinski definition) is 0. The summed E-state index contributed by atoms with van der Waals surface area (Å²) in [6.45, 7) is 2.06. The maximum Gasteiger partial charge on any atom is 0.0408 e. The van der Waals surface area contributed by atoms with Gasteiger partial charge in [-0.05, 0) is 30.2 Å². The van der Waals surface area contributed by atoms with Gasteiger partial charge in [0.25, 0.3) is 0 Å². The zero-order valence-corrected chi connectivity index (χ0v) is 8.04. The molecule has 1 aromatic rings. The number of benzene rings is 1. The molecule has 10 heavy (non-hydrogen) atoms. The first-order valence-corrected chi connectivity index (χ1v) is 4.55. The molecule has 0 fully saturated rings. The molecule has 1 aromatic carbocycles. The SMILES string of the molecule is Cc1cc(Cl)ccc1CBr. The molecule has 2 heteroatoms. The van der Waals surface area contributed by atoms with E-state index in [1.165, 1.54) is 11.1 Å². The minimum Gasteiger partial charge on any atom is -0.0876 e. The summed E-state index contributed by atoms with van der Waals surface area (Å²) in [5.74, 6) is 0. The first-order chi connectivity index (χ1) is 4.74. The largest absolute Gasteiger partial charge is 0.0876 e. The van der Waals surface area contributed by atoms with Gasteiger partial charge in [-0.2, -0.15) is 0 Å². The van der Waals surface area contributed by atoms with Gasteiger partial charge in [0.05, 0.1) is 0 Å². The molecule has 0 saturated heterocycles. The van der Waals surface area contributed by atoms with E-state index in [2.05, 4.69) is 22.9 Å². The quantitative estimate of drug-likeness (QED) is 0.634. The van der Waals surface area contributed by atoms with Crippen LogP contribution < -0.4 is 0 Å². The smallest absolute Gasteiger partial charge is 0.0408 e. The second-order valence-electron chi connectivity index (χ2n) is 2.20. The molecule has 1 rings (SSSR count). The molecular weight excluding hydrogens is 211 g/mol. The molecule has 0 aliphatic heterocycles. The molecular formula is C8H8BrCl. The first kappa shape index (κ1) is 8.09. The van der Waals surface area contributed by atoms with E-state index in [0.29, 0.717) is 0 Å². The summed E-state index contributed by atoms with van der Waals surface area (Å²) in [4.78, 5) is 0. The van der Waals surface area contributed by atoms with E-state index in [0.717, 1.165) is 10.4 Å². The van der Waals surface area contributed by atoms with Crippen LogP contribution in [0.1, 0.15) is 11.1 Å². The number of aryl methyl sites for hydroxylation is 1. The predicted molar refractivity (Wildman–Crippen MR) is 48.8 cm³/mol. The Hall–Kier alpha value is -0.0100. The van der Waals surface area contributed by atoms with Gasteiger partial charge in [-0.25, -0.2) is 0 Å². The molecule has 0 heterocycles. The Morgan fingerprint density at radius 2 is 2.20 bits per heavy atom. The summed E-state index contributed by atoms with van der Waals surface area (Å²) < 4.78 is 0. The minimum atomic E-state index is 0.808. The molecule has 0 spiro atoms. The van der Waals surface area contributed by atoms with Crippen LogP contribution in [-0.4, -0.2) is 0 Å². The molecule has 0 N–H and O–H groups in total. The zero-order chi connectivity index (χ0) is 7.56. The van der Waals surface area contributed by atoms with Crippen molar-refractivity contribution in [2.75, 3.05) is 0 Å². The third kappa shape index (κ3) is 1.74. The van der Waals surface area contributed by atoms with Crippen LogP contribution in [0.25, 0.3) is 0 Å². The second-order valence-corrected chi connectivity index (χ2v) is 3.20. The Kier molecular flexibility index (Phi) is 2.75. The summed E-state index contributed by atoms with van der Waals surface area (Å²) in [6, 6.07) is 5.91. The lowest BCUT2D eigenvalue weighted by Gasteiger charge is -2.00. The van der Waals surface area contributed by atoms with E-state index in [-0.39, 0.29) is 0 Å². The Morgan fingerprint density at radius 3 is 2.70 bits per heavy atom. The van der Waals surface area contributed by atoms with Crippen molar-refractivity contribution in [3.05, 3.63) is 34.3 Å². The van der Waals surface area contributed by atoms with E-state index in [4.69, 9.17) is 11.6 Å². The van der Waals surface area contributed by atoms with Crippen LogP contribution in [0.3, 0.4) is 0 Å². The summed E-state index contributed by atoms with van der Waals surface area (Å²) in [7, 11) is 0. The van der Waals surface area contributed by atoms with Gasteiger partial charge in [-0.3, -0.25) is 0 Å². The topological polar surface area (TPSA) is 0 Å². The van der Waals surface area contributed by atoms with Crippen LogP contribution in [0.4, 0.5) is 0 Å². The molecule has 0 radical (unpaired) electrons. The van der Waals surface area contributed by atoms with Crippen LogP contribution in [0.15, 0.2) is 18.2 Å². The average Bonchev–Trinajstić information content (AvgIpc) is 1.88. The van der Waals surface area contributed by atoms with E-state index in [1.807, 2.05) is 18.2 Å². The number of hydrogen-bond acceptors (Lipinski definition) is 0. The van der Waals surface area contributed by atoms with Gasteiger partial charge in [0.2, 0.25) is 0 Å². The fourth-order valence-corrected chi connectivity index (χ4v) is 1.67. The van der Waals surface area contributed by atoms with Crippen LogP contribution in [-0.2, 0) is 5.33 Å². The first-order valence-electron chi connectivity index (χ1n) is 3.05. The monoisotopic (exact) mass is 218 g/mol. The van der Waals surface area contributed by atoms with Gasteiger partial charge in [-0.1, -0.05) is 33.6 Å². The van der Waals surface area contributed by atoms with Crippen molar-refractivity contribution >= 4 is 27.5 Å². The van der Waals surface area contributed by atoms with E-state index in [1.54, 1.807) is 0 Å². The van der Waals surface area contributed by atoms with Crippen molar-refractivity contribution in [3.63, 3.8) is 0 Å². The molecule has 0 amide bonds. The highest BCUT2D eigenvalue weighted by Crippen LogP contribution is 2.16. The van der Waals surface area contributed by atoms with E-state index >= 15 is 0 Å². The normalized spacial score (nSPS) is 9.90. The fraction of sp³-hybridized carbons (Fsp3) is 0.250. The lowest BCUT2D eigenvalue weighted by Crippen LogP contribution is -1.82. The lowest BCUT2D eigenvalue weighted by molar-refractivity contribution is 1.32. The van der Waals surface area contributed by atoms with Crippen LogP contribution in [0, 0.1) is 6.92 Å². The van der Waals surface area contributed by atoms with Gasteiger partial charge in [0.15, 0.2) is 0 Å². The molecule has 54 valence electrons. The minimum absolute atomic E-state index is 0.808. The van der Waals surface area contributed by atoms with Crippen molar-refractivity contribution in [2.24, 2.45) is 0 Å². The van der Waals surface area contributed by atoms with E-state index in [9.17, 15) is 0 Å². The van der Waals surface area contributed by atoms with Crippen molar-refractivity contribution in [1.29, 1.82) is 0 Å². The van der Waals surface area contributed by atoms with Crippen LogP contribution in [0.2, 0.25) is 5.02 Å². The number of alkyl halides is 1. The molecule has 0 aromatic heterocycles. The van der Waals surface area contributed by atoms with Crippen molar-refractivity contribution in [3.8, 4) is 0 Å². The van der Waals surface area contributed by atoms with Gasteiger partial charge in [-0.15, -0.1) is 0 Å². The zero-order valence-electron chi connectivity index (χ0n) is 5.70. The Balaban J connectivity index is 3.07. The third-order valence-corrected chi connectivity index (χ3v) is 2.29. The molecule has 0 bridgehead atoms. The molecule has 0 atom stereocenters. The lowest BCUT2D eigenvalue weighted by atomic mass is 10.1. The van der Waals surface area contributed by atoms with E-state index < -0.39 is 0 Å². The Labute approximate surface area is 74.3 Å². The highest BCUT2D eigenvalue weighted by molar-refractivity contribution is 9.08. The number of rotatable bonds is 1. The Morgan fingerprint density at radius 1 is 1.50 bits per heavy atom. The molecule has 0 nitrogen and oxygen atoms in total. The molecule has 0 saturated carbocycles. The maximum absolute atomic E-state index is 5.76. The van der Waals surface area contributed by atoms with Crippen molar-refractivity contribution in [2.45, 2.75) is 12.3 Å². The molecule has 0 unspecified atom stereocenters. The van der Waals surface area contributed by atoms with Crippen molar-refractivity contribution in [1.82, 2.24) is 0 Å². The summed E-state index contributed by atoms with van der Waals surface area (Å²) >= 11 is 9.15. The summed E-state index contributed by atoms with van der Waals surface area (Å²) in [6.07, 6.45) is 0. The highest BCUT2D eigenvalue weighted by Gasteiger charge is 1.95. The van der Waals surface area contributed by atoms with Gasteiger partial charge < -0.3 is 0 Å². The van der Waals surface area contributed by atoms with Gasteiger partial charge in [0.1, 0.15) is 0 Å². The fourth-order valence-electron chi connectivity index (χ4n) is 0.809. The predicted octanol–water partition coefficient (Wildman–Crippen LogP) is 3.54. The van der Waals surface area contributed by atoms with Crippen LogP contribution in [0.5, 0.6) is 0 Å². The average molecular weight is 220 g/mol. The maximum atomic E-state index is 5.76. The molecule has 0 aliphatic rings. The van der Waals surface area contributed by atoms with Gasteiger partial charge >= 0.3 is 0 Å². The molecule has 0 aliphatic carbocycles. The van der Waals surface area contributed by atoms with Gasteiger partial charge in [0, 0.05) is 10.4 Å². The summed E-state index contributed by atoms with van der Waals surface area (Å²) in [5.41, 5.74) is 2.54. The summed E-state index contributed by atoms with van der Waals surface area (Å²) in [5, 5.41) is 1.71. The third-order valence-electron chi connectivity index (χ3n) is 1.45. The standard InChI is InChI=1S/C8H8BrCl/c1-6-4-8(10)3-2-7(6)5-9/h2-4H,5H2,1H3. The highest BCUT2D eigenvalue weighted by atomic mass is 79.9. The van der Waals surface area contributed by atoms with Crippen molar-refractivity contribution < 1.29 is 0 Å².